The topological polar surface area (TPSA) is 56.4 Å². The second-order valence-corrected chi connectivity index (χ2v) is 6.44. The minimum absolute atomic E-state index is 0.466. The number of H-pyrrole nitrogens is 1. The van der Waals surface area contributed by atoms with E-state index in [1.54, 1.807) is 13.2 Å². The lowest BCUT2D eigenvalue weighted by Crippen LogP contribution is -2.08. The normalized spacial score (nSPS) is 11.7. The highest BCUT2D eigenvalue weighted by Crippen LogP contribution is 2.42. The van der Waals surface area contributed by atoms with E-state index in [0.717, 1.165) is 22.4 Å². The third kappa shape index (κ3) is 3.31. The van der Waals surface area contributed by atoms with Crippen LogP contribution in [-0.4, -0.2) is 23.7 Å². The van der Waals surface area contributed by atoms with Crippen molar-refractivity contribution in [3.05, 3.63) is 70.9 Å². The minimum Gasteiger partial charge on any atom is -0.493 e. The molecular formula is C21H18N2O3S. The molecule has 0 atom stereocenters. The molecule has 0 fully saturated rings. The number of nitrogens with one attached hydrogen (secondary N) is 1. The molecule has 5 nitrogen and oxygen atoms in total. The number of ether oxygens (including phenoxy) is 3. The van der Waals surface area contributed by atoms with Crippen LogP contribution >= 0.6 is 12.2 Å². The summed E-state index contributed by atoms with van der Waals surface area (Å²) in [6.45, 7) is 4.11. The van der Waals surface area contributed by atoms with Crippen LogP contribution in [0.4, 0.5) is 0 Å². The van der Waals surface area contributed by atoms with Crippen molar-refractivity contribution in [3.8, 4) is 34.5 Å². The molecule has 2 heterocycles. The summed E-state index contributed by atoms with van der Waals surface area (Å²) in [4.78, 5) is 7.82. The van der Waals surface area contributed by atoms with Gasteiger partial charge in [-0.05, 0) is 30.3 Å². The molecule has 0 aliphatic carbocycles. The molecule has 6 heteroatoms. The Balaban J connectivity index is 1.70. The summed E-state index contributed by atoms with van der Waals surface area (Å²) in [5.74, 6) is 3.43. The summed E-state index contributed by atoms with van der Waals surface area (Å²) in [6.07, 6.45) is 2.36. The first-order valence-corrected chi connectivity index (χ1v) is 8.91. The van der Waals surface area contributed by atoms with Crippen LogP contribution in [0.25, 0.3) is 11.4 Å². The fraction of sp³-hybridized carbons (Fsp3) is 0.143. The predicted molar refractivity (Wildman–Crippen MR) is 106 cm³/mol. The average molecular weight is 378 g/mol. The number of fused-ring (bicyclic) bond motifs is 2. The fourth-order valence-corrected chi connectivity index (χ4v) is 3.25. The van der Waals surface area contributed by atoms with Crippen molar-refractivity contribution in [1.82, 2.24) is 9.97 Å². The highest BCUT2D eigenvalue weighted by Gasteiger charge is 2.23. The molecule has 1 aliphatic rings. The quantitative estimate of drug-likeness (QED) is 0.388. The van der Waals surface area contributed by atoms with E-state index in [1.807, 2.05) is 42.5 Å². The van der Waals surface area contributed by atoms with Gasteiger partial charge in [-0.3, -0.25) is 0 Å². The molecule has 0 amide bonds. The van der Waals surface area contributed by atoms with E-state index < -0.39 is 0 Å². The van der Waals surface area contributed by atoms with Crippen LogP contribution in [0.1, 0.15) is 11.1 Å². The van der Waals surface area contributed by atoms with E-state index in [4.69, 9.17) is 26.4 Å². The second kappa shape index (κ2) is 7.25. The first kappa shape index (κ1) is 17.3. The summed E-state index contributed by atoms with van der Waals surface area (Å²) in [5.41, 5.74) is 2.80. The monoisotopic (exact) mass is 378 g/mol. The molecule has 3 aromatic rings. The van der Waals surface area contributed by atoms with Crippen LogP contribution in [0.5, 0.6) is 23.1 Å². The van der Waals surface area contributed by atoms with Crippen molar-refractivity contribution in [2.24, 2.45) is 0 Å². The van der Waals surface area contributed by atoms with Gasteiger partial charge >= 0.3 is 0 Å². The van der Waals surface area contributed by atoms with Gasteiger partial charge in [-0.15, -0.1) is 0 Å². The van der Waals surface area contributed by atoms with Crippen molar-refractivity contribution in [2.75, 3.05) is 13.7 Å². The van der Waals surface area contributed by atoms with Gasteiger partial charge in [0, 0.05) is 17.5 Å². The molecule has 1 N–H and O–H groups in total. The summed E-state index contributed by atoms with van der Waals surface area (Å²) in [7, 11) is 1.63. The number of hydrogen-bond donors (Lipinski definition) is 1. The third-order valence-electron chi connectivity index (χ3n) is 4.32. The molecule has 4 rings (SSSR count). The standard InChI is InChI=1S/C21H18N2O3S/c1-3-11-25-15-9-7-13(8-10-15)19-22-20-16(21(27)23-19)12-14-5-4-6-17(24-2)18(14)26-20/h3-10H,1,11-12H2,2H3,(H,22,23,27). The SMILES string of the molecule is C=CCOc1ccc(-c2nc(=S)c3c([nH]2)Oc2c(cccc2OC)C3)cc1. The van der Waals surface area contributed by atoms with Gasteiger partial charge in [-0.25, -0.2) is 4.98 Å². The van der Waals surface area contributed by atoms with Crippen molar-refractivity contribution >= 4 is 12.2 Å². The van der Waals surface area contributed by atoms with Gasteiger partial charge in [0.05, 0.1) is 12.7 Å². The van der Waals surface area contributed by atoms with Crippen LogP contribution in [0.15, 0.2) is 55.1 Å². The lowest BCUT2D eigenvalue weighted by molar-refractivity contribution is 0.363. The van der Waals surface area contributed by atoms with E-state index in [0.29, 0.717) is 40.9 Å². The summed E-state index contributed by atoms with van der Waals surface area (Å²) < 4.78 is 17.6. The Morgan fingerprint density at radius 1 is 1.26 bits per heavy atom. The van der Waals surface area contributed by atoms with Gasteiger partial charge < -0.3 is 19.2 Å². The maximum Gasteiger partial charge on any atom is 0.205 e. The molecule has 0 spiro atoms. The number of hydrogen-bond acceptors (Lipinski definition) is 5. The third-order valence-corrected chi connectivity index (χ3v) is 4.66. The van der Waals surface area contributed by atoms with E-state index in [9.17, 15) is 0 Å². The Morgan fingerprint density at radius 3 is 2.81 bits per heavy atom. The Hall–Kier alpha value is -3.12. The van der Waals surface area contributed by atoms with Gasteiger partial charge in [-0.2, -0.15) is 0 Å². The zero-order chi connectivity index (χ0) is 18.8. The number of nitrogens with zero attached hydrogens (tertiary/aromatic N) is 1. The molecule has 1 aromatic heterocycles. The van der Waals surface area contributed by atoms with E-state index in [-0.39, 0.29) is 0 Å². The smallest absolute Gasteiger partial charge is 0.205 e. The minimum atomic E-state index is 0.466. The molecule has 27 heavy (non-hydrogen) atoms. The van der Waals surface area contributed by atoms with Gasteiger partial charge in [0.25, 0.3) is 0 Å². The van der Waals surface area contributed by atoms with Gasteiger partial charge in [-0.1, -0.05) is 37.0 Å². The number of benzene rings is 2. The number of para-hydroxylation sites is 1. The second-order valence-electron chi connectivity index (χ2n) is 6.05. The molecule has 0 saturated heterocycles. The fourth-order valence-electron chi connectivity index (χ4n) is 2.99. The number of rotatable bonds is 5. The van der Waals surface area contributed by atoms with Crippen LogP contribution in [-0.2, 0) is 6.42 Å². The van der Waals surface area contributed by atoms with Crippen LogP contribution in [0.2, 0.25) is 0 Å². The summed E-state index contributed by atoms with van der Waals surface area (Å²) in [5, 5.41) is 0. The van der Waals surface area contributed by atoms with Crippen LogP contribution in [0, 0.1) is 4.64 Å². The summed E-state index contributed by atoms with van der Waals surface area (Å²) >= 11 is 5.52. The molecule has 0 saturated carbocycles. The number of aromatic amines is 1. The highest BCUT2D eigenvalue weighted by molar-refractivity contribution is 7.71. The largest absolute Gasteiger partial charge is 0.493 e. The van der Waals surface area contributed by atoms with Crippen LogP contribution in [0.3, 0.4) is 0 Å². The Labute approximate surface area is 162 Å². The molecule has 0 radical (unpaired) electrons. The number of aromatic nitrogens is 2. The highest BCUT2D eigenvalue weighted by atomic mass is 32.1. The maximum absolute atomic E-state index is 6.10. The Bertz CT molecular complexity index is 1060. The summed E-state index contributed by atoms with van der Waals surface area (Å²) in [6, 6.07) is 13.4. The van der Waals surface area contributed by atoms with Crippen molar-refractivity contribution in [2.45, 2.75) is 6.42 Å². The first-order chi connectivity index (χ1) is 13.2. The molecule has 0 unspecified atom stereocenters. The molecule has 1 aliphatic heterocycles. The van der Waals surface area contributed by atoms with E-state index in [2.05, 4.69) is 16.5 Å². The maximum atomic E-state index is 6.10. The van der Waals surface area contributed by atoms with E-state index in [1.165, 1.54) is 0 Å². The molecule has 2 aromatic carbocycles. The zero-order valence-electron chi connectivity index (χ0n) is 14.8. The molecular weight excluding hydrogens is 360 g/mol. The number of methoxy groups -OCH3 is 1. The Morgan fingerprint density at radius 2 is 2.07 bits per heavy atom. The predicted octanol–water partition coefficient (Wildman–Crippen LogP) is 5.08. The van der Waals surface area contributed by atoms with E-state index >= 15 is 0 Å². The first-order valence-electron chi connectivity index (χ1n) is 8.50. The van der Waals surface area contributed by atoms with Gasteiger partial charge in [0.2, 0.25) is 5.88 Å². The van der Waals surface area contributed by atoms with Crippen molar-refractivity contribution in [1.29, 1.82) is 0 Å². The van der Waals surface area contributed by atoms with Crippen molar-refractivity contribution in [3.63, 3.8) is 0 Å². The average Bonchev–Trinajstić information content (AvgIpc) is 2.71. The molecule has 136 valence electrons. The lowest BCUT2D eigenvalue weighted by Gasteiger charge is -2.22. The van der Waals surface area contributed by atoms with Gasteiger partial charge in [0.1, 0.15) is 22.8 Å². The molecule has 0 bridgehead atoms. The zero-order valence-corrected chi connectivity index (χ0v) is 15.6. The van der Waals surface area contributed by atoms with Gasteiger partial charge in [0.15, 0.2) is 11.5 Å². The Kier molecular flexibility index (Phi) is 4.64. The van der Waals surface area contributed by atoms with Crippen LogP contribution < -0.4 is 14.2 Å². The lowest BCUT2D eigenvalue weighted by atomic mass is 10.0. The van der Waals surface area contributed by atoms with Crippen molar-refractivity contribution < 1.29 is 14.2 Å².